The van der Waals surface area contributed by atoms with Crippen molar-refractivity contribution in [3.63, 3.8) is 0 Å². The van der Waals surface area contributed by atoms with Crippen LogP contribution in [-0.4, -0.2) is 12.1 Å². The van der Waals surface area contributed by atoms with Gasteiger partial charge in [0, 0.05) is 12.8 Å². The van der Waals surface area contributed by atoms with Gasteiger partial charge in [-0.25, -0.2) is 0 Å². The second kappa shape index (κ2) is 15.6. The third-order valence-electron chi connectivity index (χ3n) is 12.9. The van der Waals surface area contributed by atoms with Gasteiger partial charge in [0.2, 0.25) is 0 Å². The van der Waals surface area contributed by atoms with E-state index < -0.39 is 0 Å². The Hall–Kier alpha value is -1.57. The first-order valence-electron chi connectivity index (χ1n) is 18.5. The van der Waals surface area contributed by atoms with Crippen LogP contribution in [0.25, 0.3) is 0 Å². The smallest absolute Gasteiger partial charge is 0.306 e. The van der Waals surface area contributed by atoms with Gasteiger partial charge in [0.25, 0.3) is 0 Å². The molecular formula is C41H66O2. The van der Waals surface area contributed by atoms with E-state index in [9.17, 15) is 4.79 Å². The van der Waals surface area contributed by atoms with Crippen LogP contribution < -0.4 is 0 Å². The standard InChI is InChI=1S/C41H66O2/c1-8-10-11-12-13-14-15-16-17-18-39(42)43-34-25-27-40(6)33(29-34)21-22-35-37-24-23-36(41(37,7)28-26-38(35)40)31(5)19-20-32(9-2)30(3)4/h10-11,13-14,19-21,30-32,34-38H,8-9,12,15-18,22-29H2,1-7H3/b11-10-,14-13-,20-19+. The van der Waals surface area contributed by atoms with Crippen molar-refractivity contribution in [2.45, 2.75) is 151 Å². The number of allylic oxidation sites excluding steroid dienone is 7. The van der Waals surface area contributed by atoms with Crippen molar-refractivity contribution in [2.75, 3.05) is 0 Å². The van der Waals surface area contributed by atoms with Gasteiger partial charge in [0.1, 0.15) is 6.10 Å². The van der Waals surface area contributed by atoms with Gasteiger partial charge < -0.3 is 4.74 Å². The Balaban J connectivity index is 1.29. The Morgan fingerprint density at radius 1 is 0.953 bits per heavy atom. The van der Waals surface area contributed by atoms with Crippen LogP contribution in [0.5, 0.6) is 0 Å². The minimum Gasteiger partial charge on any atom is -0.462 e. The lowest BCUT2D eigenvalue weighted by Crippen LogP contribution is -2.51. The first-order valence-corrected chi connectivity index (χ1v) is 18.5. The van der Waals surface area contributed by atoms with Crippen molar-refractivity contribution in [2.24, 2.45) is 52.3 Å². The summed E-state index contributed by atoms with van der Waals surface area (Å²) in [6, 6.07) is 0. The molecule has 0 bridgehead atoms. The molecule has 0 heterocycles. The summed E-state index contributed by atoms with van der Waals surface area (Å²) in [5, 5.41) is 0. The van der Waals surface area contributed by atoms with Crippen molar-refractivity contribution in [3.05, 3.63) is 48.1 Å². The lowest BCUT2D eigenvalue weighted by atomic mass is 9.47. The molecule has 9 unspecified atom stereocenters. The average molecular weight is 591 g/mol. The summed E-state index contributed by atoms with van der Waals surface area (Å²) in [5.74, 6) is 5.48. The summed E-state index contributed by atoms with van der Waals surface area (Å²) in [4.78, 5) is 12.7. The number of unbranched alkanes of at least 4 members (excludes halogenated alkanes) is 2. The molecule has 0 saturated heterocycles. The van der Waals surface area contributed by atoms with E-state index in [0.29, 0.717) is 29.1 Å². The zero-order valence-corrected chi connectivity index (χ0v) is 29.1. The highest BCUT2D eigenvalue weighted by Gasteiger charge is 2.59. The molecular weight excluding hydrogens is 524 g/mol. The molecule has 4 aliphatic rings. The molecule has 43 heavy (non-hydrogen) atoms. The molecule has 2 nitrogen and oxygen atoms in total. The third kappa shape index (κ3) is 7.99. The predicted molar refractivity (Wildman–Crippen MR) is 184 cm³/mol. The minimum absolute atomic E-state index is 0.0185. The first kappa shape index (κ1) is 34.3. The molecule has 0 aromatic rings. The van der Waals surface area contributed by atoms with Crippen molar-refractivity contribution in [1.82, 2.24) is 0 Å². The van der Waals surface area contributed by atoms with Crippen molar-refractivity contribution in [1.29, 1.82) is 0 Å². The number of fused-ring (bicyclic) bond motifs is 5. The van der Waals surface area contributed by atoms with Gasteiger partial charge in [0.15, 0.2) is 0 Å². The van der Waals surface area contributed by atoms with Gasteiger partial charge in [-0.05, 0) is 136 Å². The molecule has 9 atom stereocenters. The fourth-order valence-corrected chi connectivity index (χ4v) is 10.2. The van der Waals surface area contributed by atoms with Gasteiger partial charge in [-0.2, -0.15) is 0 Å². The van der Waals surface area contributed by atoms with E-state index in [1.54, 1.807) is 5.57 Å². The van der Waals surface area contributed by atoms with Crippen LogP contribution in [0, 0.1) is 52.3 Å². The maximum Gasteiger partial charge on any atom is 0.306 e. The molecule has 0 aromatic carbocycles. The first-order chi connectivity index (χ1) is 20.6. The third-order valence-corrected chi connectivity index (χ3v) is 12.9. The molecule has 4 aliphatic carbocycles. The fraction of sp³-hybridized carbons (Fsp3) is 0.780. The van der Waals surface area contributed by atoms with Gasteiger partial charge >= 0.3 is 5.97 Å². The maximum atomic E-state index is 12.7. The van der Waals surface area contributed by atoms with E-state index in [4.69, 9.17) is 4.74 Å². The topological polar surface area (TPSA) is 26.3 Å². The van der Waals surface area contributed by atoms with Crippen LogP contribution in [0.4, 0.5) is 0 Å². The van der Waals surface area contributed by atoms with Crippen molar-refractivity contribution >= 4 is 5.97 Å². The Labute approximate surface area is 266 Å². The second-order valence-electron chi connectivity index (χ2n) is 15.7. The quantitative estimate of drug-likeness (QED) is 0.114. The Kier molecular flexibility index (Phi) is 12.5. The van der Waals surface area contributed by atoms with Crippen LogP contribution in [0.2, 0.25) is 0 Å². The van der Waals surface area contributed by atoms with E-state index in [2.05, 4.69) is 91.0 Å². The van der Waals surface area contributed by atoms with E-state index in [-0.39, 0.29) is 12.1 Å². The lowest BCUT2D eigenvalue weighted by Gasteiger charge is -2.58. The van der Waals surface area contributed by atoms with Crippen LogP contribution >= 0.6 is 0 Å². The summed E-state index contributed by atoms with van der Waals surface area (Å²) in [5.41, 5.74) is 2.41. The largest absolute Gasteiger partial charge is 0.462 e. The van der Waals surface area contributed by atoms with Gasteiger partial charge in [0.05, 0.1) is 0 Å². The second-order valence-corrected chi connectivity index (χ2v) is 15.7. The predicted octanol–water partition coefficient (Wildman–Crippen LogP) is 11.8. The SMILES string of the molecule is CC/C=C\C/C=C\CCCCC(=O)OC1CCC2(C)C(=CCC3C2CCC2(C)C(C(C)/C=C/C(CC)C(C)C)CCC32)C1. The molecule has 3 fully saturated rings. The number of carbonyl (C=O) groups is 1. The summed E-state index contributed by atoms with van der Waals surface area (Å²) in [7, 11) is 0. The zero-order valence-electron chi connectivity index (χ0n) is 29.1. The lowest BCUT2D eigenvalue weighted by molar-refractivity contribution is -0.151. The molecule has 0 aromatic heterocycles. The normalized spacial score (nSPS) is 35.6. The minimum atomic E-state index is 0.0185. The molecule has 0 N–H and O–H groups in total. The molecule has 0 amide bonds. The molecule has 0 aliphatic heterocycles. The molecule has 4 rings (SSSR count). The Bertz CT molecular complexity index is 1010. The fourth-order valence-electron chi connectivity index (χ4n) is 10.2. The van der Waals surface area contributed by atoms with Crippen LogP contribution in [0.1, 0.15) is 145 Å². The zero-order chi connectivity index (χ0) is 31.0. The van der Waals surface area contributed by atoms with Crippen molar-refractivity contribution in [3.8, 4) is 0 Å². The number of hydrogen-bond acceptors (Lipinski definition) is 2. The van der Waals surface area contributed by atoms with E-state index in [1.807, 2.05) is 0 Å². The van der Waals surface area contributed by atoms with Crippen LogP contribution in [0.3, 0.4) is 0 Å². The number of ether oxygens (including phenoxy) is 1. The molecule has 3 saturated carbocycles. The van der Waals surface area contributed by atoms with Gasteiger partial charge in [-0.15, -0.1) is 0 Å². The Morgan fingerprint density at radius 2 is 1.74 bits per heavy atom. The molecule has 0 spiro atoms. The molecule has 0 radical (unpaired) electrons. The summed E-state index contributed by atoms with van der Waals surface area (Å²) in [6.45, 7) is 17.0. The Morgan fingerprint density at radius 3 is 2.49 bits per heavy atom. The van der Waals surface area contributed by atoms with Crippen LogP contribution in [-0.2, 0) is 9.53 Å². The highest BCUT2D eigenvalue weighted by atomic mass is 16.5. The van der Waals surface area contributed by atoms with Crippen molar-refractivity contribution < 1.29 is 9.53 Å². The van der Waals surface area contributed by atoms with Gasteiger partial charge in [-0.1, -0.05) is 96.6 Å². The monoisotopic (exact) mass is 591 g/mol. The van der Waals surface area contributed by atoms with E-state index >= 15 is 0 Å². The van der Waals surface area contributed by atoms with E-state index in [0.717, 1.165) is 74.5 Å². The van der Waals surface area contributed by atoms with Crippen LogP contribution in [0.15, 0.2) is 48.1 Å². The number of carbonyl (C=O) groups excluding carboxylic acids is 1. The maximum absolute atomic E-state index is 12.7. The number of rotatable bonds is 14. The summed E-state index contributed by atoms with van der Waals surface area (Å²) < 4.78 is 6.07. The summed E-state index contributed by atoms with van der Waals surface area (Å²) in [6.07, 6.45) is 33.8. The van der Waals surface area contributed by atoms with E-state index in [1.165, 1.54) is 44.9 Å². The number of hydrogen-bond donors (Lipinski definition) is 0. The molecule has 2 heteroatoms. The number of esters is 1. The summed E-state index contributed by atoms with van der Waals surface area (Å²) >= 11 is 0. The molecule has 242 valence electrons. The highest BCUT2D eigenvalue weighted by molar-refractivity contribution is 5.69. The average Bonchev–Trinajstić information content (AvgIpc) is 3.34. The highest BCUT2D eigenvalue weighted by Crippen LogP contribution is 2.67. The van der Waals surface area contributed by atoms with Gasteiger partial charge in [-0.3, -0.25) is 4.79 Å².